The summed E-state index contributed by atoms with van der Waals surface area (Å²) in [7, 11) is 0. The van der Waals surface area contributed by atoms with E-state index in [0.717, 1.165) is 12.1 Å². The normalized spacial score (nSPS) is 20.5. The average molecular weight is 262 g/mol. The molecule has 1 fully saturated rings. The third-order valence-corrected chi connectivity index (χ3v) is 4.05. The molecule has 0 saturated carbocycles. The number of hydrogen-bond acceptors (Lipinski definition) is 2. The maximum Gasteiger partial charge on any atom is 0.106 e. The number of benzene rings is 1. The van der Waals surface area contributed by atoms with Crippen LogP contribution in [0.5, 0.6) is 0 Å². The van der Waals surface area contributed by atoms with Crippen molar-refractivity contribution >= 4 is 22.9 Å². The number of anilines is 1. The van der Waals surface area contributed by atoms with Crippen LogP contribution in [0, 0.1) is 0 Å². The van der Waals surface area contributed by atoms with Crippen molar-refractivity contribution in [3.05, 3.63) is 29.8 Å². The van der Waals surface area contributed by atoms with Gasteiger partial charge in [-0.25, -0.2) is 0 Å². The molecule has 1 heterocycles. The minimum Gasteiger partial charge on any atom is -0.389 e. The Morgan fingerprint density at radius 1 is 1.33 bits per heavy atom. The Bertz CT molecular complexity index is 417. The monoisotopic (exact) mass is 262 g/mol. The van der Waals surface area contributed by atoms with Crippen LogP contribution in [0.1, 0.15) is 44.6 Å². The van der Waals surface area contributed by atoms with Crippen LogP contribution in [0.25, 0.3) is 0 Å². The molecule has 3 heteroatoms. The van der Waals surface area contributed by atoms with Crippen molar-refractivity contribution < 1.29 is 0 Å². The summed E-state index contributed by atoms with van der Waals surface area (Å²) in [6.07, 6.45) is 6.41. The largest absolute Gasteiger partial charge is 0.389 e. The number of hydrogen-bond donors (Lipinski definition) is 1. The molecule has 2 N–H and O–H groups in total. The molecule has 1 aromatic carbocycles. The molecule has 1 aromatic rings. The molecule has 1 atom stereocenters. The summed E-state index contributed by atoms with van der Waals surface area (Å²) in [5.74, 6) is 0. The van der Waals surface area contributed by atoms with Gasteiger partial charge < -0.3 is 10.6 Å². The van der Waals surface area contributed by atoms with E-state index in [4.69, 9.17) is 18.0 Å². The lowest BCUT2D eigenvalue weighted by atomic mass is 10.1. The zero-order valence-electron chi connectivity index (χ0n) is 11.1. The van der Waals surface area contributed by atoms with Gasteiger partial charge in [-0.1, -0.05) is 44.1 Å². The van der Waals surface area contributed by atoms with Crippen molar-refractivity contribution in [2.75, 3.05) is 11.4 Å². The van der Waals surface area contributed by atoms with E-state index in [9.17, 15) is 0 Å². The van der Waals surface area contributed by atoms with Crippen molar-refractivity contribution in [3.8, 4) is 0 Å². The topological polar surface area (TPSA) is 29.3 Å². The van der Waals surface area contributed by atoms with Crippen molar-refractivity contribution in [2.24, 2.45) is 5.73 Å². The van der Waals surface area contributed by atoms with Gasteiger partial charge in [0.15, 0.2) is 0 Å². The molecule has 0 aromatic heterocycles. The van der Waals surface area contributed by atoms with Gasteiger partial charge in [-0.2, -0.15) is 0 Å². The number of para-hydroxylation sites is 1. The van der Waals surface area contributed by atoms with Crippen molar-refractivity contribution in [2.45, 2.75) is 45.1 Å². The molecule has 18 heavy (non-hydrogen) atoms. The van der Waals surface area contributed by atoms with Crippen LogP contribution in [-0.4, -0.2) is 17.6 Å². The van der Waals surface area contributed by atoms with Gasteiger partial charge in [0.05, 0.1) is 0 Å². The average Bonchev–Trinajstić information content (AvgIpc) is 2.63. The molecule has 0 aliphatic carbocycles. The molecule has 98 valence electrons. The quantitative estimate of drug-likeness (QED) is 0.846. The zero-order chi connectivity index (χ0) is 13.0. The summed E-state index contributed by atoms with van der Waals surface area (Å²) < 4.78 is 0. The highest BCUT2D eigenvalue weighted by Crippen LogP contribution is 2.28. The summed E-state index contributed by atoms with van der Waals surface area (Å²) in [4.78, 5) is 3.02. The first-order valence-electron chi connectivity index (χ1n) is 6.89. The number of nitrogens with zero attached hydrogens (tertiary/aromatic N) is 1. The lowest BCUT2D eigenvalue weighted by Gasteiger charge is -2.33. The second-order valence-electron chi connectivity index (χ2n) is 4.99. The fourth-order valence-corrected chi connectivity index (χ4v) is 3.02. The van der Waals surface area contributed by atoms with E-state index in [2.05, 4.69) is 24.0 Å². The third kappa shape index (κ3) is 2.83. The highest BCUT2D eigenvalue weighted by atomic mass is 32.1. The van der Waals surface area contributed by atoms with Crippen molar-refractivity contribution in [1.29, 1.82) is 0 Å². The Morgan fingerprint density at radius 3 is 2.83 bits per heavy atom. The van der Waals surface area contributed by atoms with E-state index in [-0.39, 0.29) is 0 Å². The molecule has 1 saturated heterocycles. The SMILES string of the molecule is CCC1CCCCCN1c1ccccc1C(N)=S. The van der Waals surface area contributed by atoms with Crippen LogP contribution >= 0.6 is 12.2 Å². The lowest BCUT2D eigenvalue weighted by molar-refractivity contribution is 0.556. The van der Waals surface area contributed by atoms with E-state index >= 15 is 0 Å². The first-order chi connectivity index (χ1) is 8.74. The summed E-state index contributed by atoms with van der Waals surface area (Å²) in [6.45, 7) is 3.39. The van der Waals surface area contributed by atoms with Gasteiger partial charge >= 0.3 is 0 Å². The first-order valence-corrected chi connectivity index (χ1v) is 7.30. The molecule has 2 rings (SSSR count). The second-order valence-corrected chi connectivity index (χ2v) is 5.43. The number of rotatable bonds is 3. The van der Waals surface area contributed by atoms with Gasteiger partial charge in [-0.3, -0.25) is 0 Å². The Labute approximate surface area is 115 Å². The van der Waals surface area contributed by atoms with Crippen LogP contribution in [0.4, 0.5) is 5.69 Å². The number of nitrogens with two attached hydrogens (primary N) is 1. The molecule has 0 amide bonds. The Morgan fingerprint density at radius 2 is 2.11 bits per heavy atom. The van der Waals surface area contributed by atoms with Crippen LogP contribution in [0.3, 0.4) is 0 Å². The smallest absolute Gasteiger partial charge is 0.106 e. The maximum atomic E-state index is 5.85. The van der Waals surface area contributed by atoms with E-state index in [1.54, 1.807) is 0 Å². The highest BCUT2D eigenvalue weighted by molar-refractivity contribution is 7.80. The van der Waals surface area contributed by atoms with Crippen LogP contribution < -0.4 is 10.6 Å². The minimum atomic E-state index is 0.504. The summed E-state index contributed by atoms with van der Waals surface area (Å²) >= 11 is 5.18. The third-order valence-electron chi connectivity index (χ3n) is 3.83. The molecule has 0 bridgehead atoms. The minimum absolute atomic E-state index is 0.504. The molecule has 2 nitrogen and oxygen atoms in total. The zero-order valence-corrected chi connectivity index (χ0v) is 11.9. The van der Waals surface area contributed by atoms with E-state index < -0.39 is 0 Å². The molecule has 1 unspecified atom stereocenters. The van der Waals surface area contributed by atoms with E-state index in [1.165, 1.54) is 37.8 Å². The van der Waals surface area contributed by atoms with Crippen LogP contribution in [0.2, 0.25) is 0 Å². The van der Waals surface area contributed by atoms with Gasteiger partial charge in [-0.15, -0.1) is 0 Å². The Hall–Kier alpha value is -1.09. The predicted octanol–water partition coefficient (Wildman–Crippen LogP) is 3.48. The fraction of sp³-hybridized carbons (Fsp3) is 0.533. The van der Waals surface area contributed by atoms with Crippen LogP contribution in [0.15, 0.2) is 24.3 Å². The maximum absolute atomic E-state index is 5.85. The fourth-order valence-electron chi connectivity index (χ4n) is 2.85. The van der Waals surface area contributed by atoms with Gasteiger partial charge in [-0.05, 0) is 31.4 Å². The van der Waals surface area contributed by atoms with Gasteiger partial charge in [0, 0.05) is 23.8 Å². The summed E-state index contributed by atoms with van der Waals surface area (Å²) in [5.41, 5.74) is 8.09. The van der Waals surface area contributed by atoms with E-state index in [0.29, 0.717) is 11.0 Å². The molecule has 1 aliphatic rings. The molecular weight excluding hydrogens is 240 g/mol. The predicted molar refractivity (Wildman–Crippen MR) is 82.2 cm³/mol. The first kappa shape index (κ1) is 13.3. The highest BCUT2D eigenvalue weighted by Gasteiger charge is 2.22. The molecule has 0 spiro atoms. The van der Waals surface area contributed by atoms with Crippen LogP contribution in [-0.2, 0) is 0 Å². The van der Waals surface area contributed by atoms with Gasteiger partial charge in [0.25, 0.3) is 0 Å². The molecule has 0 radical (unpaired) electrons. The van der Waals surface area contributed by atoms with E-state index in [1.807, 2.05) is 12.1 Å². The summed E-state index contributed by atoms with van der Waals surface area (Å²) in [5, 5.41) is 0. The lowest BCUT2D eigenvalue weighted by Crippen LogP contribution is -2.35. The van der Waals surface area contributed by atoms with Gasteiger partial charge in [0.1, 0.15) is 4.99 Å². The van der Waals surface area contributed by atoms with Crippen molar-refractivity contribution in [3.63, 3.8) is 0 Å². The molecular formula is C15H22N2S. The second kappa shape index (κ2) is 6.19. The number of thiocarbonyl (C=S) groups is 1. The van der Waals surface area contributed by atoms with Gasteiger partial charge in [0.2, 0.25) is 0 Å². The molecule has 1 aliphatic heterocycles. The van der Waals surface area contributed by atoms with Crippen molar-refractivity contribution in [1.82, 2.24) is 0 Å². The Balaban J connectivity index is 2.35. The standard InChI is InChI=1S/C15H22N2S/c1-2-12-8-4-3-7-11-17(12)14-10-6-5-9-13(14)15(16)18/h5-6,9-10,12H,2-4,7-8,11H2,1H3,(H2,16,18). The Kier molecular flexibility index (Phi) is 4.59. The summed E-state index contributed by atoms with van der Waals surface area (Å²) in [6, 6.07) is 8.91.